The number of hydrogen-bond acceptors (Lipinski definition) is 6. The third kappa shape index (κ3) is 4.96. The topological polar surface area (TPSA) is 90.0 Å². The van der Waals surface area contributed by atoms with E-state index >= 15 is 0 Å². The van der Waals surface area contributed by atoms with E-state index in [9.17, 15) is 18.0 Å². The second-order valence-electron chi connectivity index (χ2n) is 6.46. The maximum absolute atomic E-state index is 12.5. The van der Waals surface area contributed by atoms with Crippen molar-refractivity contribution in [2.24, 2.45) is 0 Å². The molecule has 1 aromatic carbocycles. The quantitative estimate of drug-likeness (QED) is 0.713. The molecular formula is C17H22ClNO6S. The Morgan fingerprint density at radius 2 is 1.85 bits per heavy atom. The summed E-state index contributed by atoms with van der Waals surface area (Å²) in [7, 11) is -3.51. The molecule has 144 valence electrons. The van der Waals surface area contributed by atoms with E-state index in [4.69, 9.17) is 21.1 Å². The molecule has 0 aromatic heterocycles. The molecule has 0 N–H and O–H groups in total. The second-order valence-corrected chi connectivity index (χ2v) is 8.88. The molecule has 9 heteroatoms. The van der Waals surface area contributed by atoms with Crippen LogP contribution in [0.15, 0.2) is 23.1 Å². The van der Waals surface area contributed by atoms with Crippen LogP contribution in [0.4, 0.5) is 0 Å². The van der Waals surface area contributed by atoms with Crippen LogP contribution in [0.2, 0.25) is 5.02 Å². The molecule has 2 rings (SSSR count). The third-order valence-corrected chi connectivity index (χ3v) is 5.39. The van der Waals surface area contributed by atoms with E-state index in [2.05, 4.69) is 0 Å². The fourth-order valence-electron chi connectivity index (χ4n) is 2.78. The molecule has 1 saturated heterocycles. The lowest BCUT2D eigenvalue weighted by Crippen LogP contribution is -2.51. The van der Waals surface area contributed by atoms with Crippen LogP contribution in [-0.4, -0.2) is 62.9 Å². The lowest BCUT2D eigenvalue weighted by Gasteiger charge is -2.36. The van der Waals surface area contributed by atoms with Crippen molar-refractivity contribution in [2.75, 3.05) is 19.3 Å². The first-order valence-electron chi connectivity index (χ1n) is 8.14. The monoisotopic (exact) mass is 403 g/mol. The van der Waals surface area contributed by atoms with Crippen LogP contribution in [0.5, 0.6) is 0 Å². The van der Waals surface area contributed by atoms with Gasteiger partial charge < -0.3 is 14.4 Å². The van der Waals surface area contributed by atoms with Crippen molar-refractivity contribution in [3.63, 3.8) is 0 Å². The predicted molar refractivity (Wildman–Crippen MR) is 96.0 cm³/mol. The molecule has 1 aliphatic rings. The highest BCUT2D eigenvalue weighted by molar-refractivity contribution is 7.90. The van der Waals surface area contributed by atoms with Gasteiger partial charge in [0.25, 0.3) is 5.91 Å². The van der Waals surface area contributed by atoms with E-state index in [1.54, 1.807) is 4.90 Å². The highest BCUT2D eigenvalue weighted by Crippen LogP contribution is 2.22. The summed E-state index contributed by atoms with van der Waals surface area (Å²) < 4.78 is 34.1. The number of sulfone groups is 1. The Hall–Kier alpha value is -1.64. The van der Waals surface area contributed by atoms with Gasteiger partial charge in [-0.2, -0.15) is 0 Å². The Labute approximate surface area is 158 Å². The second kappa shape index (κ2) is 7.94. The molecule has 1 aliphatic heterocycles. The number of carbonyl (C=O) groups is 2. The van der Waals surface area contributed by atoms with E-state index in [1.807, 2.05) is 13.8 Å². The number of hydrogen-bond donors (Lipinski definition) is 0. The fraction of sp³-hybridized carbons (Fsp3) is 0.529. The van der Waals surface area contributed by atoms with Gasteiger partial charge >= 0.3 is 5.97 Å². The number of ether oxygens (including phenoxy) is 2. The number of rotatable bonds is 4. The highest BCUT2D eigenvalue weighted by atomic mass is 35.5. The molecule has 0 radical (unpaired) electrons. The van der Waals surface area contributed by atoms with Crippen LogP contribution >= 0.6 is 11.6 Å². The molecular weight excluding hydrogens is 382 g/mol. The minimum Gasteiger partial charge on any atom is -0.449 e. The van der Waals surface area contributed by atoms with Crippen LogP contribution in [0.1, 0.15) is 31.1 Å². The van der Waals surface area contributed by atoms with Crippen molar-refractivity contribution in [1.29, 1.82) is 0 Å². The summed E-state index contributed by atoms with van der Waals surface area (Å²) in [4.78, 5) is 26.4. The van der Waals surface area contributed by atoms with Crippen molar-refractivity contribution < 1.29 is 27.5 Å². The molecule has 3 unspecified atom stereocenters. The number of halogens is 1. The first kappa shape index (κ1) is 20.7. The van der Waals surface area contributed by atoms with Crippen LogP contribution in [0, 0.1) is 0 Å². The van der Waals surface area contributed by atoms with Crippen molar-refractivity contribution in [3.8, 4) is 0 Å². The number of nitrogens with zero attached hydrogens (tertiary/aromatic N) is 1. The molecule has 0 bridgehead atoms. The van der Waals surface area contributed by atoms with Gasteiger partial charge in [-0.05, 0) is 39.0 Å². The molecule has 0 aliphatic carbocycles. The van der Waals surface area contributed by atoms with Gasteiger partial charge in [0.1, 0.15) is 0 Å². The summed E-state index contributed by atoms with van der Waals surface area (Å²) in [6, 6.07) is 3.77. The number of amides is 1. The molecule has 0 saturated carbocycles. The molecule has 1 aromatic rings. The first-order chi connectivity index (χ1) is 12.0. The zero-order chi connectivity index (χ0) is 19.6. The Bertz CT molecular complexity index is 799. The van der Waals surface area contributed by atoms with Crippen LogP contribution in [0.25, 0.3) is 0 Å². The van der Waals surface area contributed by atoms with Gasteiger partial charge in [-0.1, -0.05) is 11.6 Å². The third-order valence-electron chi connectivity index (χ3n) is 3.95. The summed E-state index contributed by atoms with van der Waals surface area (Å²) in [6.07, 6.45) is -0.214. The highest BCUT2D eigenvalue weighted by Gasteiger charge is 2.31. The Morgan fingerprint density at radius 1 is 1.27 bits per heavy atom. The minimum absolute atomic E-state index is 0.0515. The van der Waals surface area contributed by atoms with E-state index in [1.165, 1.54) is 19.1 Å². The predicted octanol–water partition coefficient (Wildman–Crippen LogP) is 1.92. The Morgan fingerprint density at radius 3 is 2.38 bits per heavy atom. The minimum atomic E-state index is -3.51. The number of carbonyl (C=O) groups excluding carboxylic acids is 2. The van der Waals surface area contributed by atoms with Gasteiger partial charge in [0.2, 0.25) is 0 Å². The van der Waals surface area contributed by atoms with E-state index in [-0.39, 0.29) is 33.6 Å². The maximum Gasteiger partial charge on any atom is 0.340 e. The lowest BCUT2D eigenvalue weighted by atomic mass is 10.2. The molecule has 7 nitrogen and oxygen atoms in total. The summed E-state index contributed by atoms with van der Waals surface area (Å²) in [5.74, 6) is -1.19. The van der Waals surface area contributed by atoms with Crippen LogP contribution in [-0.2, 0) is 24.1 Å². The Kier molecular flexibility index (Phi) is 6.31. The standard InChI is InChI=1S/C17H22ClNO6S/c1-10-8-19(9-11(2)24-10)16(20)12(3)25-17(21)14-7-13(26(4,22)23)5-6-15(14)18/h5-7,10-12H,8-9H2,1-4H3. The van der Waals surface area contributed by atoms with Gasteiger partial charge in [0.15, 0.2) is 15.9 Å². The summed E-state index contributed by atoms with van der Waals surface area (Å²) in [5.41, 5.74) is -0.0991. The first-order valence-corrected chi connectivity index (χ1v) is 10.4. The van der Waals surface area contributed by atoms with E-state index < -0.39 is 21.9 Å². The summed E-state index contributed by atoms with van der Waals surface area (Å²) >= 11 is 5.98. The van der Waals surface area contributed by atoms with Crippen molar-refractivity contribution in [1.82, 2.24) is 4.90 Å². The molecule has 1 fully saturated rings. The van der Waals surface area contributed by atoms with Gasteiger partial charge in [0, 0.05) is 19.3 Å². The molecule has 3 atom stereocenters. The molecule has 1 amide bonds. The normalized spacial score (nSPS) is 22.0. The van der Waals surface area contributed by atoms with Gasteiger partial charge in [-0.15, -0.1) is 0 Å². The molecule has 0 spiro atoms. The van der Waals surface area contributed by atoms with Crippen molar-refractivity contribution >= 4 is 33.3 Å². The molecule has 26 heavy (non-hydrogen) atoms. The van der Waals surface area contributed by atoms with Gasteiger partial charge in [-0.25, -0.2) is 13.2 Å². The van der Waals surface area contributed by atoms with E-state index in [0.29, 0.717) is 13.1 Å². The van der Waals surface area contributed by atoms with Crippen molar-refractivity contribution in [3.05, 3.63) is 28.8 Å². The van der Waals surface area contributed by atoms with Crippen LogP contribution in [0.3, 0.4) is 0 Å². The lowest BCUT2D eigenvalue weighted by molar-refractivity contribution is -0.151. The smallest absolute Gasteiger partial charge is 0.340 e. The summed E-state index contributed by atoms with van der Waals surface area (Å²) in [5, 5.41) is 0.0515. The number of morpholine rings is 1. The fourth-order valence-corrected chi connectivity index (χ4v) is 3.62. The Balaban J connectivity index is 2.13. The SMILES string of the molecule is CC1CN(C(=O)C(C)OC(=O)c2cc(S(C)(=O)=O)ccc2Cl)CC(C)O1. The van der Waals surface area contributed by atoms with Gasteiger partial charge in [-0.3, -0.25) is 4.79 Å². The average Bonchev–Trinajstić information content (AvgIpc) is 2.52. The number of benzene rings is 1. The zero-order valence-corrected chi connectivity index (χ0v) is 16.6. The zero-order valence-electron chi connectivity index (χ0n) is 15.1. The molecule has 1 heterocycles. The summed E-state index contributed by atoms with van der Waals surface area (Å²) in [6.45, 7) is 6.02. The number of esters is 1. The van der Waals surface area contributed by atoms with Gasteiger partial charge in [0.05, 0.1) is 27.7 Å². The largest absolute Gasteiger partial charge is 0.449 e. The van der Waals surface area contributed by atoms with E-state index in [0.717, 1.165) is 12.3 Å². The van der Waals surface area contributed by atoms with Crippen molar-refractivity contribution in [2.45, 2.75) is 44.0 Å². The maximum atomic E-state index is 12.5. The van der Waals surface area contributed by atoms with Crippen LogP contribution < -0.4 is 0 Å². The average molecular weight is 404 g/mol.